The fraction of sp³-hybridized carbons (Fsp3) is 0.429. The molecular weight excluding hydrogens is 258 g/mol. The minimum atomic E-state index is -0.566. The third-order valence-corrected chi connectivity index (χ3v) is 3.51. The number of rotatable bonds is 5. The molecule has 6 nitrogen and oxygen atoms in total. The van der Waals surface area contributed by atoms with Gasteiger partial charge in [-0.25, -0.2) is 0 Å². The topological polar surface area (TPSA) is 83.4 Å². The van der Waals surface area contributed by atoms with Crippen molar-refractivity contribution in [1.29, 1.82) is 0 Å². The van der Waals surface area contributed by atoms with Crippen molar-refractivity contribution in [2.75, 3.05) is 20.0 Å². The van der Waals surface area contributed by atoms with Gasteiger partial charge in [0.25, 0.3) is 5.89 Å². The molecule has 0 bridgehead atoms. The van der Waals surface area contributed by atoms with E-state index >= 15 is 0 Å². The van der Waals surface area contributed by atoms with Crippen molar-refractivity contribution in [2.24, 2.45) is 0 Å². The first-order chi connectivity index (χ1) is 9.54. The molecule has 1 aromatic carbocycles. The van der Waals surface area contributed by atoms with Crippen LogP contribution in [0.4, 0.5) is 5.69 Å². The molecule has 1 heterocycles. The zero-order valence-corrected chi connectivity index (χ0v) is 12.1. The fourth-order valence-electron chi connectivity index (χ4n) is 1.80. The SMILES string of the molecule is CCC(C)(OC)c1noc(-c2ccc(OC)cc2N)n1. The molecule has 2 N–H and O–H groups in total. The Balaban J connectivity index is 2.38. The highest BCUT2D eigenvalue weighted by Gasteiger charge is 2.30. The van der Waals surface area contributed by atoms with Gasteiger partial charge in [0.15, 0.2) is 0 Å². The lowest BCUT2D eigenvalue weighted by Gasteiger charge is -2.21. The van der Waals surface area contributed by atoms with Crippen molar-refractivity contribution in [1.82, 2.24) is 10.1 Å². The van der Waals surface area contributed by atoms with Gasteiger partial charge in [-0.2, -0.15) is 4.98 Å². The maximum absolute atomic E-state index is 5.97. The molecule has 0 spiro atoms. The second-order valence-electron chi connectivity index (χ2n) is 4.66. The molecule has 2 rings (SSSR count). The number of anilines is 1. The molecule has 20 heavy (non-hydrogen) atoms. The van der Waals surface area contributed by atoms with E-state index < -0.39 is 5.60 Å². The van der Waals surface area contributed by atoms with Crippen molar-refractivity contribution >= 4 is 5.69 Å². The summed E-state index contributed by atoms with van der Waals surface area (Å²) in [6, 6.07) is 5.31. The molecule has 0 saturated carbocycles. The summed E-state index contributed by atoms with van der Waals surface area (Å²) in [4.78, 5) is 4.39. The summed E-state index contributed by atoms with van der Waals surface area (Å²) >= 11 is 0. The smallest absolute Gasteiger partial charge is 0.260 e. The van der Waals surface area contributed by atoms with Crippen LogP contribution in [0.5, 0.6) is 5.75 Å². The molecule has 0 aliphatic heterocycles. The third kappa shape index (κ3) is 2.46. The van der Waals surface area contributed by atoms with E-state index in [9.17, 15) is 0 Å². The van der Waals surface area contributed by atoms with Gasteiger partial charge >= 0.3 is 0 Å². The molecule has 0 saturated heterocycles. The van der Waals surface area contributed by atoms with Crippen LogP contribution in [0.15, 0.2) is 22.7 Å². The van der Waals surface area contributed by atoms with Crippen LogP contribution in [0, 0.1) is 0 Å². The van der Waals surface area contributed by atoms with Crippen LogP contribution in [0.3, 0.4) is 0 Å². The third-order valence-electron chi connectivity index (χ3n) is 3.51. The Morgan fingerprint density at radius 1 is 1.35 bits per heavy atom. The van der Waals surface area contributed by atoms with Gasteiger partial charge in [0.05, 0.1) is 12.7 Å². The first-order valence-corrected chi connectivity index (χ1v) is 6.37. The van der Waals surface area contributed by atoms with E-state index in [1.165, 1.54) is 0 Å². The lowest BCUT2D eigenvalue weighted by Crippen LogP contribution is -2.24. The van der Waals surface area contributed by atoms with Gasteiger partial charge in [0.1, 0.15) is 11.4 Å². The summed E-state index contributed by atoms with van der Waals surface area (Å²) in [5.74, 6) is 1.56. The van der Waals surface area contributed by atoms with Crippen LogP contribution in [-0.2, 0) is 10.3 Å². The van der Waals surface area contributed by atoms with Crippen LogP contribution in [-0.4, -0.2) is 24.4 Å². The predicted octanol–water partition coefficient (Wildman–Crippen LogP) is 2.60. The highest BCUT2D eigenvalue weighted by atomic mass is 16.5. The molecule has 2 aromatic rings. The van der Waals surface area contributed by atoms with Crippen LogP contribution >= 0.6 is 0 Å². The molecule has 0 amide bonds. The predicted molar refractivity (Wildman–Crippen MR) is 75.4 cm³/mol. The maximum atomic E-state index is 5.97. The number of nitrogens with two attached hydrogens (primary N) is 1. The van der Waals surface area contributed by atoms with Gasteiger partial charge in [-0.05, 0) is 25.5 Å². The molecule has 0 aliphatic rings. The molecule has 1 atom stereocenters. The van der Waals surface area contributed by atoms with E-state index in [1.54, 1.807) is 32.4 Å². The highest BCUT2D eigenvalue weighted by molar-refractivity contribution is 5.71. The number of hydrogen-bond acceptors (Lipinski definition) is 6. The number of aromatic nitrogens is 2. The Morgan fingerprint density at radius 2 is 2.10 bits per heavy atom. The standard InChI is InChI=1S/C14H19N3O3/c1-5-14(2,19-4)13-16-12(20-17-13)10-7-6-9(18-3)8-11(10)15/h6-8H,5,15H2,1-4H3. The van der Waals surface area contributed by atoms with Crippen LogP contribution in [0.25, 0.3) is 11.5 Å². The van der Waals surface area contributed by atoms with Gasteiger partial charge in [0.2, 0.25) is 5.82 Å². The summed E-state index contributed by atoms with van der Waals surface area (Å²) in [5.41, 5.74) is 6.61. The molecule has 6 heteroatoms. The number of nitrogens with zero attached hydrogens (tertiary/aromatic N) is 2. The number of nitrogen functional groups attached to an aromatic ring is 1. The largest absolute Gasteiger partial charge is 0.497 e. The average molecular weight is 277 g/mol. The first-order valence-electron chi connectivity index (χ1n) is 6.37. The number of methoxy groups -OCH3 is 2. The van der Waals surface area contributed by atoms with E-state index in [1.807, 2.05) is 13.8 Å². The van der Waals surface area contributed by atoms with Gasteiger partial charge in [-0.1, -0.05) is 12.1 Å². The highest BCUT2D eigenvalue weighted by Crippen LogP contribution is 2.31. The molecule has 0 aliphatic carbocycles. The van der Waals surface area contributed by atoms with E-state index in [-0.39, 0.29) is 0 Å². The van der Waals surface area contributed by atoms with Gasteiger partial charge < -0.3 is 19.7 Å². The molecule has 0 radical (unpaired) electrons. The monoisotopic (exact) mass is 277 g/mol. The number of benzene rings is 1. The Kier molecular flexibility index (Phi) is 3.94. The van der Waals surface area contributed by atoms with Crippen molar-refractivity contribution < 1.29 is 14.0 Å². The Labute approximate surface area is 117 Å². The molecule has 0 fully saturated rings. The summed E-state index contributed by atoms with van der Waals surface area (Å²) in [5, 5.41) is 3.99. The summed E-state index contributed by atoms with van der Waals surface area (Å²) in [6.45, 7) is 3.92. The molecule has 108 valence electrons. The Morgan fingerprint density at radius 3 is 2.65 bits per heavy atom. The second-order valence-corrected chi connectivity index (χ2v) is 4.66. The van der Waals surface area contributed by atoms with Crippen molar-refractivity contribution in [3.8, 4) is 17.2 Å². The van der Waals surface area contributed by atoms with Crippen LogP contribution < -0.4 is 10.5 Å². The zero-order chi connectivity index (χ0) is 14.8. The Hall–Kier alpha value is -2.08. The van der Waals surface area contributed by atoms with E-state index in [0.29, 0.717) is 28.7 Å². The van der Waals surface area contributed by atoms with E-state index in [0.717, 1.165) is 6.42 Å². The van der Waals surface area contributed by atoms with Crippen LogP contribution in [0.2, 0.25) is 0 Å². The summed E-state index contributed by atoms with van der Waals surface area (Å²) in [7, 11) is 3.21. The fourth-order valence-corrected chi connectivity index (χ4v) is 1.80. The number of ether oxygens (including phenoxy) is 2. The van der Waals surface area contributed by atoms with Crippen molar-refractivity contribution in [2.45, 2.75) is 25.9 Å². The first kappa shape index (κ1) is 14.3. The van der Waals surface area contributed by atoms with Gasteiger partial charge in [-0.3, -0.25) is 0 Å². The van der Waals surface area contributed by atoms with Crippen molar-refractivity contribution in [3.63, 3.8) is 0 Å². The molecule has 1 aromatic heterocycles. The molecular formula is C14H19N3O3. The zero-order valence-electron chi connectivity index (χ0n) is 12.1. The van der Waals surface area contributed by atoms with Crippen LogP contribution in [0.1, 0.15) is 26.1 Å². The maximum Gasteiger partial charge on any atom is 0.260 e. The lowest BCUT2D eigenvalue weighted by molar-refractivity contribution is -0.0106. The Bertz CT molecular complexity index is 591. The number of hydrogen-bond donors (Lipinski definition) is 1. The second kappa shape index (κ2) is 5.50. The molecule has 1 unspecified atom stereocenters. The quantitative estimate of drug-likeness (QED) is 0.846. The van der Waals surface area contributed by atoms with Crippen molar-refractivity contribution in [3.05, 3.63) is 24.0 Å². The lowest BCUT2D eigenvalue weighted by atomic mass is 10.0. The van der Waals surface area contributed by atoms with E-state index in [2.05, 4.69) is 10.1 Å². The van der Waals surface area contributed by atoms with Gasteiger partial charge in [-0.15, -0.1) is 0 Å². The van der Waals surface area contributed by atoms with E-state index in [4.69, 9.17) is 19.7 Å². The minimum Gasteiger partial charge on any atom is -0.497 e. The summed E-state index contributed by atoms with van der Waals surface area (Å²) < 4.78 is 15.9. The minimum absolute atomic E-state index is 0.372. The normalized spacial score (nSPS) is 14.0. The van der Waals surface area contributed by atoms with Gasteiger partial charge in [0, 0.05) is 18.9 Å². The average Bonchev–Trinajstić information content (AvgIpc) is 2.96. The summed E-state index contributed by atoms with van der Waals surface area (Å²) in [6.07, 6.45) is 0.737.